The zero-order chi connectivity index (χ0) is 12.3. The van der Waals surface area contributed by atoms with Crippen molar-refractivity contribution >= 4 is 17.2 Å². The maximum absolute atomic E-state index is 9.61. The van der Waals surface area contributed by atoms with Crippen LogP contribution in [0.4, 0.5) is 0 Å². The van der Waals surface area contributed by atoms with E-state index < -0.39 is 0 Å². The lowest BCUT2D eigenvalue weighted by atomic mass is 10.2. The Labute approximate surface area is 104 Å². The Hall–Kier alpha value is -1.54. The minimum absolute atomic E-state index is 0.0922. The van der Waals surface area contributed by atoms with E-state index in [1.54, 1.807) is 0 Å². The van der Waals surface area contributed by atoms with Gasteiger partial charge in [-0.15, -0.1) is 21.8 Å². The largest absolute Gasteiger partial charge is 0.510 e. The van der Waals surface area contributed by atoms with Crippen molar-refractivity contribution in [3.8, 4) is 6.07 Å². The molecule has 17 heavy (non-hydrogen) atoms. The smallest absolute Gasteiger partial charge is 0.178 e. The second-order valence-electron chi connectivity index (χ2n) is 3.97. The third kappa shape index (κ3) is 2.27. The Bertz CT molecular complexity index is 486. The Morgan fingerprint density at radius 1 is 1.41 bits per heavy atom. The lowest BCUT2D eigenvalue weighted by molar-refractivity contribution is 0.419. The number of nitrogens with zero attached hydrogens (tertiary/aromatic N) is 4. The van der Waals surface area contributed by atoms with E-state index >= 15 is 0 Å². The number of fused-ring (bicyclic) bond motifs is 1. The number of aliphatic hydroxyl groups excluding tert-OH is 1. The van der Waals surface area contributed by atoms with Crippen LogP contribution < -0.4 is 0 Å². The number of aliphatic hydroxyl groups is 1. The third-order valence-corrected chi connectivity index (χ3v) is 3.11. The minimum Gasteiger partial charge on any atom is -0.510 e. The van der Waals surface area contributed by atoms with Gasteiger partial charge in [-0.2, -0.15) is 5.26 Å². The lowest BCUT2D eigenvalue weighted by Gasteiger charge is -2.06. The van der Waals surface area contributed by atoms with Crippen molar-refractivity contribution in [2.24, 2.45) is 0 Å². The van der Waals surface area contributed by atoms with Gasteiger partial charge in [-0.05, 0) is 12.8 Å². The zero-order valence-corrected chi connectivity index (χ0v) is 10.1. The van der Waals surface area contributed by atoms with Gasteiger partial charge in [0, 0.05) is 13.0 Å². The van der Waals surface area contributed by atoms with Crippen molar-refractivity contribution < 1.29 is 5.11 Å². The molecule has 0 amide bonds. The van der Waals surface area contributed by atoms with Gasteiger partial charge in [-0.3, -0.25) is 0 Å². The van der Waals surface area contributed by atoms with E-state index in [1.165, 1.54) is 0 Å². The molecule has 0 aromatic carbocycles. The van der Waals surface area contributed by atoms with Crippen LogP contribution in [0, 0.1) is 11.3 Å². The number of nitriles is 1. The summed E-state index contributed by atoms with van der Waals surface area (Å²) in [5, 5.41) is 26.7. The molecule has 90 valence electrons. The van der Waals surface area contributed by atoms with Crippen LogP contribution in [-0.4, -0.2) is 25.8 Å². The van der Waals surface area contributed by atoms with Crippen molar-refractivity contribution in [1.29, 1.82) is 5.26 Å². The molecular formula is C11H13ClN4O. The van der Waals surface area contributed by atoms with Gasteiger partial charge >= 0.3 is 0 Å². The van der Waals surface area contributed by atoms with E-state index in [0.29, 0.717) is 5.82 Å². The SMILES string of the molecule is N#C/C(=C(\O)CCl)c1nnc2n1CCCCC2. The van der Waals surface area contributed by atoms with Crippen LogP contribution >= 0.6 is 11.6 Å². The van der Waals surface area contributed by atoms with Crippen LogP contribution in [-0.2, 0) is 13.0 Å². The summed E-state index contributed by atoms with van der Waals surface area (Å²) in [5.41, 5.74) is 0.126. The van der Waals surface area contributed by atoms with E-state index in [4.69, 9.17) is 16.9 Å². The normalized spacial score (nSPS) is 16.7. The molecule has 0 atom stereocenters. The molecule has 1 aliphatic rings. The van der Waals surface area contributed by atoms with Crippen LogP contribution in [0.15, 0.2) is 5.76 Å². The van der Waals surface area contributed by atoms with Crippen LogP contribution in [0.5, 0.6) is 0 Å². The average molecular weight is 253 g/mol. The molecule has 5 nitrogen and oxygen atoms in total. The third-order valence-electron chi connectivity index (χ3n) is 2.86. The summed E-state index contributed by atoms with van der Waals surface area (Å²) in [6.07, 6.45) is 4.15. The summed E-state index contributed by atoms with van der Waals surface area (Å²) in [7, 11) is 0. The van der Waals surface area contributed by atoms with E-state index in [9.17, 15) is 5.11 Å². The summed E-state index contributed by atoms with van der Waals surface area (Å²) >= 11 is 5.54. The fraction of sp³-hybridized carbons (Fsp3) is 0.545. The number of aryl methyl sites for hydroxylation is 1. The molecule has 0 saturated carbocycles. The maximum atomic E-state index is 9.61. The van der Waals surface area contributed by atoms with Gasteiger partial charge < -0.3 is 9.67 Å². The predicted molar refractivity (Wildman–Crippen MR) is 63.5 cm³/mol. The highest BCUT2D eigenvalue weighted by Gasteiger charge is 2.19. The van der Waals surface area contributed by atoms with Crippen molar-refractivity contribution in [1.82, 2.24) is 14.8 Å². The molecule has 0 aliphatic carbocycles. The predicted octanol–water partition coefficient (Wildman–Crippen LogP) is 2.04. The van der Waals surface area contributed by atoms with Crippen molar-refractivity contribution in [2.75, 3.05) is 5.88 Å². The molecule has 6 heteroatoms. The molecule has 0 unspecified atom stereocenters. The fourth-order valence-corrected chi connectivity index (χ4v) is 2.11. The first-order valence-electron chi connectivity index (χ1n) is 5.58. The molecule has 0 saturated heterocycles. The van der Waals surface area contributed by atoms with Crippen LogP contribution in [0.2, 0.25) is 0 Å². The zero-order valence-electron chi connectivity index (χ0n) is 9.36. The minimum atomic E-state index is -0.145. The first-order chi connectivity index (χ1) is 8.27. The van der Waals surface area contributed by atoms with Crippen LogP contribution in [0.1, 0.15) is 30.9 Å². The second kappa shape index (κ2) is 5.19. The number of rotatable bonds is 2. The molecule has 2 heterocycles. The van der Waals surface area contributed by atoms with Gasteiger partial charge in [0.25, 0.3) is 0 Å². The molecule has 1 aromatic heterocycles. The van der Waals surface area contributed by atoms with Crippen LogP contribution in [0.25, 0.3) is 5.57 Å². The molecule has 0 fully saturated rings. The molecule has 0 radical (unpaired) electrons. The average Bonchev–Trinajstić information content (AvgIpc) is 2.60. The van der Waals surface area contributed by atoms with E-state index in [2.05, 4.69) is 10.2 Å². The standard InChI is InChI=1S/C11H13ClN4O/c12-6-9(17)8(7-13)11-15-14-10-4-2-1-3-5-16(10)11/h17H,1-6H2/b9-8+. The van der Waals surface area contributed by atoms with E-state index in [-0.39, 0.29) is 17.2 Å². The molecule has 0 bridgehead atoms. The summed E-state index contributed by atoms with van der Waals surface area (Å²) in [6, 6.07) is 1.95. The maximum Gasteiger partial charge on any atom is 0.178 e. The Morgan fingerprint density at radius 3 is 2.94 bits per heavy atom. The highest BCUT2D eigenvalue weighted by atomic mass is 35.5. The van der Waals surface area contributed by atoms with Gasteiger partial charge in [0.1, 0.15) is 23.2 Å². The van der Waals surface area contributed by atoms with Crippen LogP contribution in [0.3, 0.4) is 0 Å². The number of allylic oxidation sites excluding steroid dienone is 2. The number of hydrogen-bond donors (Lipinski definition) is 1. The Morgan fingerprint density at radius 2 is 2.24 bits per heavy atom. The highest BCUT2D eigenvalue weighted by molar-refractivity contribution is 6.19. The van der Waals surface area contributed by atoms with Gasteiger partial charge in [0.2, 0.25) is 0 Å². The van der Waals surface area contributed by atoms with Gasteiger partial charge in [-0.25, -0.2) is 0 Å². The molecule has 0 spiro atoms. The Kier molecular flexibility index (Phi) is 3.64. The summed E-state index contributed by atoms with van der Waals surface area (Å²) in [6.45, 7) is 0.790. The fourth-order valence-electron chi connectivity index (χ4n) is 1.98. The number of hydrogen-bond acceptors (Lipinski definition) is 4. The van der Waals surface area contributed by atoms with Gasteiger partial charge in [-0.1, -0.05) is 6.42 Å². The first-order valence-corrected chi connectivity index (χ1v) is 6.12. The molecule has 1 aliphatic heterocycles. The van der Waals surface area contributed by atoms with Crippen molar-refractivity contribution in [3.05, 3.63) is 17.4 Å². The van der Waals surface area contributed by atoms with Crippen molar-refractivity contribution in [2.45, 2.75) is 32.2 Å². The monoisotopic (exact) mass is 252 g/mol. The summed E-state index contributed by atoms with van der Waals surface area (Å²) in [5.74, 6) is 1.08. The van der Waals surface area contributed by atoms with E-state index in [0.717, 1.165) is 38.1 Å². The van der Waals surface area contributed by atoms with Gasteiger partial charge in [0.15, 0.2) is 5.82 Å². The van der Waals surface area contributed by atoms with E-state index in [1.807, 2.05) is 10.6 Å². The lowest BCUT2D eigenvalue weighted by Crippen LogP contribution is -2.06. The molecular weight excluding hydrogens is 240 g/mol. The first kappa shape index (κ1) is 11.9. The number of aromatic nitrogens is 3. The van der Waals surface area contributed by atoms with Gasteiger partial charge in [0.05, 0.1) is 5.88 Å². The highest BCUT2D eigenvalue weighted by Crippen LogP contribution is 2.21. The Balaban J connectivity index is 2.47. The second-order valence-corrected chi connectivity index (χ2v) is 4.24. The summed E-state index contributed by atoms with van der Waals surface area (Å²) < 4.78 is 1.91. The molecule has 2 rings (SSSR count). The number of alkyl halides is 1. The van der Waals surface area contributed by atoms with Crippen molar-refractivity contribution in [3.63, 3.8) is 0 Å². The number of halogens is 1. The topological polar surface area (TPSA) is 74.7 Å². The molecule has 1 N–H and O–H groups in total. The summed E-state index contributed by atoms with van der Waals surface area (Å²) in [4.78, 5) is 0. The molecule has 1 aromatic rings. The quantitative estimate of drug-likeness (QED) is 0.497.